The van der Waals surface area contributed by atoms with Crippen LogP contribution in [0.15, 0.2) is 47.4 Å². The summed E-state index contributed by atoms with van der Waals surface area (Å²) in [6.45, 7) is 7.60. The van der Waals surface area contributed by atoms with Gasteiger partial charge in [-0.3, -0.25) is 0 Å². The molecule has 1 N–H and O–H groups in total. The van der Waals surface area contributed by atoms with E-state index in [2.05, 4.69) is 32.0 Å². The molecule has 1 fully saturated rings. The molecule has 0 bridgehead atoms. The van der Waals surface area contributed by atoms with E-state index in [9.17, 15) is 13.7 Å². The van der Waals surface area contributed by atoms with Gasteiger partial charge in [-0.25, -0.2) is 8.42 Å². The molecule has 3 rings (SSSR count). The molecule has 0 aliphatic carbocycles. The normalized spacial score (nSPS) is 16.3. The second-order valence-corrected chi connectivity index (χ2v) is 8.78. The number of hydrogen-bond donors (Lipinski definition) is 1. The number of piperazine rings is 1. The van der Waals surface area contributed by atoms with Gasteiger partial charge >= 0.3 is 0 Å². The van der Waals surface area contributed by atoms with Crippen molar-refractivity contribution in [2.75, 3.05) is 26.2 Å². The molecule has 1 aliphatic rings. The van der Waals surface area contributed by atoms with Crippen molar-refractivity contribution in [2.45, 2.75) is 25.3 Å². The number of sulfonamides is 1. The van der Waals surface area contributed by atoms with Crippen LogP contribution < -0.4 is 4.90 Å². The van der Waals surface area contributed by atoms with Crippen molar-refractivity contribution in [1.29, 1.82) is 5.26 Å². The molecule has 0 amide bonds. The Bertz CT molecular complexity index is 940. The minimum atomic E-state index is -3.62. The van der Waals surface area contributed by atoms with E-state index in [1.165, 1.54) is 32.0 Å². The molecule has 136 valence electrons. The molecule has 26 heavy (non-hydrogen) atoms. The lowest BCUT2D eigenvalue weighted by atomic mass is 10.1. The van der Waals surface area contributed by atoms with Gasteiger partial charge in [0.2, 0.25) is 10.0 Å². The first-order valence-electron chi connectivity index (χ1n) is 8.81. The quantitative estimate of drug-likeness (QED) is 0.881. The van der Waals surface area contributed by atoms with E-state index in [0.717, 1.165) is 19.6 Å². The molecule has 0 unspecified atom stereocenters. The fourth-order valence-electron chi connectivity index (χ4n) is 3.40. The fraction of sp³-hybridized carbons (Fsp3) is 0.350. The monoisotopic (exact) mass is 370 g/mol. The van der Waals surface area contributed by atoms with Crippen LogP contribution in [-0.2, 0) is 16.6 Å². The van der Waals surface area contributed by atoms with Crippen LogP contribution in [0.3, 0.4) is 0 Å². The lowest BCUT2D eigenvalue weighted by Crippen LogP contribution is -3.13. The Balaban J connectivity index is 1.70. The number of rotatable bonds is 4. The number of nitrogens with one attached hydrogen (secondary N) is 1. The first-order valence-corrected chi connectivity index (χ1v) is 10.2. The smallest absolute Gasteiger partial charge is 0.244 e. The van der Waals surface area contributed by atoms with Crippen LogP contribution in [0.25, 0.3) is 0 Å². The van der Waals surface area contributed by atoms with Crippen molar-refractivity contribution in [2.24, 2.45) is 0 Å². The highest BCUT2D eigenvalue weighted by Crippen LogP contribution is 2.19. The molecule has 1 saturated heterocycles. The largest absolute Gasteiger partial charge is 0.329 e. The molecule has 2 aromatic rings. The molecule has 6 heteroatoms. The molecule has 1 aliphatic heterocycles. The van der Waals surface area contributed by atoms with E-state index in [1.807, 2.05) is 6.07 Å². The maximum absolute atomic E-state index is 12.9. The Morgan fingerprint density at radius 3 is 2.50 bits per heavy atom. The zero-order valence-corrected chi connectivity index (χ0v) is 16.0. The SMILES string of the molecule is Cc1ccc(C)c(C[NH+]2CCN(S(=O)(=O)c3ccccc3C#N)CC2)c1. The summed E-state index contributed by atoms with van der Waals surface area (Å²) in [7, 11) is -3.62. The highest BCUT2D eigenvalue weighted by atomic mass is 32.2. The minimum absolute atomic E-state index is 0.112. The van der Waals surface area contributed by atoms with Gasteiger partial charge in [0.15, 0.2) is 0 Å². The molecule has 1 heterocycles. The zero-order chi connectivity index (χ0) is 18.7. The van der Waals surface area contributed by atoms with E-state index in [-0.39, 0.29) is 10.5 Å². The van der Waals surface area contributed by atoms with Gasteiger partial charge in [-0.15, -0.1) is 0 Å². The molecular weight excluding hydrogens is 346 g/mol. The van der Waals surface area contributed by atoms with Crippen LogP contribution in [0.1, 0.15) is 22.3 Å². The number of aryl methyl sites for hydroxylation is 2. The van der Waals surface area contributed by atoms with E-state index >= 15 is 0 Å². The van der Waals surface area contributed by atoms with E-state index in [1.54, 1.807) is 18.2 Å². The molecule has 0 aromatic heterocycles. The molecule has 2 aromatic carbocycles. The van der Waals surface area contributed by atoms with Crippen molar-refractivity contribution in [3.05, 3.63) is 64.7 Å². The molecule has 0 spiro atoms. The lowest BCUT2D eigenvalue weighted by Gasteiger charge is -2.32. The minimum Gasteiger partial charge on any atom is -0.329 e. The van der Waals surface area contributed by atoms with Crippen molar-refractivity contribution in [3.63, 3.8) is 0 Å². The maximum atomic E-state index is 12.9. The van der Waals surface area contributed by atoms with Gasteiger partial charge in [0.05, 0.1) is 36.6 Å². The van der Waals surface area contributed by atoms with E-state index in [0.29, 0.717) is 13.1 Å². The first-order chi connectivity index (χ1) is 12.4. The topological polar surface area (TPSA) is 65.6 Å². The number of nitrogens with zero attached hydrogens (tertiary/aromatic N) is 2. The first kappa shape index (κ1) is 18.6. The fourth-order valence-corrected chi connectivity index (χ4v) is 4.99. The van der Waals surface area contributed by atoms with Gasteiger partial charge in [-0.1, -0.05) is 35.9 Å². The van der Waals surface area contributed by atoms with Gasteiger partial charge in [0.25, 0.3) is 0 Å². The van der Waals surface area contributed by atoms with Crippen molar-refractivity contribution >= 4 is 10.0 Å². The summed E-state index contributed by atoms with van der Waals surface area (Å²) in [5, 5.41) is 9.20. The van der Waals surface area contributed by atoms with Crippen LogP contribution in [0.5, 0.6) is 0 Å². The molecule has 5 nitrogen and oxygen atoms in total. The van der Waals surface area contributed by atoms with Crippen LogP contribution in [0.4, 0.5) is 0 Å². The Morgan fingerprint density at radius 1 is 1.12 bits per heavy atom. The second-order valence-electron chi connectivity index (χ2n) is 6.87. The Kier molecular flexibility index (Phi) is 5.42. The Morgan fingerprint density at radius 2 is 1.81 bits per heavy atom. The van der Waals surface area contributed by atoms with Gasteiger partial charge in [0, 0.05) is 5.56 Å². The highest BCUT2D eigenvalue weighted by molar-refractivity contribution is 7.89. The summed E-state index contributed by atoms with van der Waals surface area (Å²) in [4.78, 5) is 1.50. The van der Waals surface area contributed by atoms with Crippen molar-refractivity contribution < 1.29 is 13.3 Å². The van der Waals surface area contributed by atoms with Gasteiger partial charge in [-0.2, -0.15) is 9.57 Å². The summed E-state index contributed by atoms with van der Waals surface area (Å²) in [6.07, 6.45) is 0. The van der Waals surface area contributed by atoms with Gasteiger partial charge in [0.1, 0.15) is 12.6 Å². The second kappa shape index (κ2) is 7.58. The van der Waals surface area contributed by atoms with Crippen molar-refractivity contribution in [3.8, 4) is 6.07 Å². The predicted octanol–water partition coefficient (Wildman–Crippen LogP) is 1.26. The summed E-state index contributed by atoms with van der Waals surface area (Å²) in [5.74, 6) is 0. The average Bonchev–Trinajstić information content (AvgIpc) is 2.65. The number of quaternary nitrogens is 1. The Hall–Kier alpha value is -2.20. The third-order valence-electron chi connectivity index (χ3n) is 5.00. The van der Waals surface area contributed by atoms with Crippen LogP contribution in [0.2, 0.25) is 0 Å². The molecule has 0 radical (unpaired) electrons. The third-order valence-corrected chi connectivity index (χ3v) is 6.96. The maximum Gasteiger partial charge on any atom is 0.244 e. The summed E-state index contributed by atoms with van der Waals surface area (Å²) in [5.41, 5.74) is 4.06. The van der Waals surface area contributed by atoms with E-state index in [4.69, 9.17) is 0 Å². The summed E-state index contributed by atoms with van der Waals surface area (Å²) in [6, 6.07) is 14.9. The Labute approximate surface area is 155 Å². The van der Waals surface area contributed by atoms with Crippen LogP contribution in [0, 0.1) is 25.2 Å². The van der Waals surface area contributed by atoms with Crippen LogP contribution in [-0.4, -0.2) is 38.9 Å². The predicted molar refractivity (Wildman–Crippen MR) is 100 cm³/mol. The number of nitriles is 1. The summed E-state index contributed by atoms with van der Waals surface area (Å²) < 4.78 is 27.3. The number of benzene rings is 2. The molecule has 0 atom stereocenters. The third kappa shape index (κ3) is 3.80. The standard InChI is InChI=1S/C20H23N3O2S/c1-16-7-8-17(2)19(13-16)15-22-9-11-23(12-10-22)26(24,25)20-6-4-3-5-18(20)14-21/h3-8,13H,9-12,15H2,1-2H3/p+1. The van der Waals surface area contributed by atoms with Gasteiger partial charge in [-0.05, 0) is 31.5 Å². The van der Waals surface area contributed by atoms with Gasteiger partial charge < -0.3 is 4.90 Å². The molecular formula is C20H24N3O2S+. The van der Waals surface area contributed by atoms with Crippen LogP contribution >= 0.6 is 0 Å². The van der Waals surface area contributed by atoms with E-state index < -0.39 is 10.0 Å². The van der Waals surface area contributed by atoms with Crippen molar-refractivity contribution in [1.82, 2.24) is 4.31 Å². The highest BCUT2D eigenvalue weighted by Gasteiger charge is 2.32. The zero-order valence-electron chi connectivity index (χ0n) is 15.2. The lowest BCUT2D eigenvalue weighted by molar-refractivity contribution is -0.917. The molecule has 0 saturated carbocycles. The summed E-state index contributed by atoms with van der Waals surface area (Å²) >= 11 is 0. The average molecular weight is 370 g/mol. The number of hydrogen-bond acceptors (Lipinski definition) is 3.